The number of likely N-dealkylation sites (tertiary alicyclic amines) is 2. The second kappa shape index (κ2) is 12.6. The van der Waals surface area contributed by atoms with Crippen LogP contribution in [-0.4, -0.2) is 70.3 Å². The molecule has 0 spiro atoms. The number of anilines is 1. The number of pyridine rings is 1. The van der Waals surface area contributed by atoms with Crippen molar-refractivity contribution in [3.8, 4) is 0 Å². The van der Waals surface area contributed by atoms with Crippen molar-refractivity contribution in [3.05, 3.63) is 58.7 Å². The van der Waals surface area contributed by atoms with E-state index in [9.17, 15) is 14.4 Å². The van der Waals surface area contributed by atoms with Crippen molar-refractivity contribution < 1.29 is 19.1 Å². The number of rotatable bonds is 8. The fraction of sp³-hybridized carbons (Fsp3) is 0.533. The fourth-order valence-corrected chi connectivity index (χ4v) is 5.63. The highest BCUT2D eigenvalue weighted by atomic mass is 35.5. The molecule has 1 N–H and O–H groups in total. The zero-order valence-corrected chi connectivity index (χ0v) is 23.9. The van der Waals surface area contributed by atoms with Gasteiger partial charge in [-0.15, -0.1) is 0 Å². The molecule has 8 nitrogen and oxygen atoms in total. The van der Waals surface area contributed by atoms with Crippen molar-refractivity contribution in [3.63, 3.8) is 0 Å². The molecule has 0 unspecified atom stereocenters. The Labute approximate surface area is 236 Å². The van der Waals surface area contributed by atoms with E-state index in [0.717, 1.165) is 69.3 Å². The summed E-state index contributed by atoms with van der Waals surface area (Å²) in [5, 5.41) is 3.37. The van der Waals surface area contributed by atoms with Gasteiger partial charge in [-0.25, -0.2) is 9.78 Å². The van der Waals surface area contributed by atoms with Gasteiger partial charge in [0.15, 0.2) is 0 Å². The van der Waals surface area contributed by atoms with E-state index in [0.29, 0.717) is 23.8 Å². The first-order valence-corrected chi connectivity index (χ1v) is 14.1. The SMILES string of the molecule is CC(C)(C)OC(=O)Nc1cc(CN2CCC(C=O)(N3CCC(C(=O)Cc4ccc(Cl)cc4)CC3)CC2)ccn1. The maximum absolute atomic E-state index is 12.9. The van der Waals surface area contributed by atoms with Crippen LogP contribution in [0.3, 0.4) is 0 Å². The normalized spacial score (nSPS) is 18.9. The second-order valence-corrected chi connectivity index (χ2v) is 12.1. The van der Waals surface area contributed by atoms with Gasteiger partial charge in [0.2, 0.25) is 0 Å². The van der Waals surface area contributed by atoms with Crippen LogP contribution in [0.2, 0.25) is 5.02 Å². The monoisotopic (exact) mass is 554 g/mol. The summed E-state index contributed by atoms with van der Waals surface area (Å²) in [6.07, 6.45) is 5.81. The molecule has 0 bridgehead atoms. The summed E-state index contributed by atoms with van der Waals surface area (Å²) in [6.45, 7) is 9.28. The average Bonchev–Trinajstić information content (AvgIpc) is 2.90. The number of hydrogen-bond acceptors (Lipinski definition) is 7. The standard InChI is InChI=1S/C30H39ClN4O4/c1-29(2,3)39-28(38)33-27-19-23(8-13-32-27)20-34-16-11-30(21-36,12-17-34)35-14-9-24(10-15-35)26(37)18-22-4-6-25(31)7-5-22/h4-8,13,19,21,24H,9-12,14-18,20H2,1-3H3,(H,32,33,38). The number of Topliss-reactive ketones (excluding diaryl/α,β-unsaturated/α-hetero) is 1. The highest BCUT2D eigenvalue weighted by Crippen LogP contribution is 2.32. The maximum atomic E-state index is 12.9. The molecule has 2 saturated heterocycles. The number of ketones is 1. The first kappa shape index (κ1) is 29.2. The number of amides is 1. The number of hydrogen-bond donors (Lipinski definition) is 1. The predicted octanol–water partition coefficient (Wildman–Crippen LogP) is 5.14. The molecule has 2 aliphatic rings. The van der Waals surface area contributed by atoms with Gasteiger partial charge >= 0.3 is 6.09 Å². The summed E-state index contributed by atoms with van der Waals surface area (Å²) in [4.78, 5) is 46.2. The fourth-order valence-electron chi connectivity index (χ4n) is 5.51. The molecule has 1 amide bonds. The van der Waals surface area contributed by atoms with Gasteiger partial charge in [0.05, 0.1) is 5.54 Å². The Bertz CT molecular complexity index is 1150. The number of aromatic nitrogens is 1. The van der Waals surface area contributed by atoms with Crippen LogP contribution in [0, 0.1) is 5.92 Å². The number of nitrogens with zero attached hydrogens (tertiary/aromatic N) is 3. The van der Waals surface area contributed by atoms with E-state index < -0.39 is 17.2 Å². The van der Waals surface area contributed by atoms with Crippen LogP contribution >= 0.6 is 11.6 Å². The molecule has 0 saturated carbocycles. The first-order chi connectivity index (χ1) is 18.5. The second-order valence-electron chi connectivity index (χ2n) is 11.7. The minimum atomic E-state index is -0.581. The van der Waals surface area contributed by atoms with Crippen LogP contribution in [0.4, 0.5) is 10.6 Å². The summed E-state index contributed by atoms with van der Waals surface area (Å²) in [6, 6.07) is 11.3. The molecule has 3 heterocycles. The lowest BCUT2D eigenvalue weighted by Gasteiger charge is -2.48. The molecule has 39 heavy (non-hydrogen) atoms. The molecule has 210 valence electrons. The number of ether oxygens (including phenoxy) is 1. The van der Waals surface area contributed by atoms with Crippen molar-refractivity contribution >= 4 is 35.6 Å². The molecular formula is C30H39ClN4O4. The number of carbonyl (C=O) groups is 3. The zero-order valence-electron chi connectivity index (χ0n) is 23.1. The largest absolute Gasteiger partial charge is 0.444 e. The Kier molecular flexibility index (Phi) is 9.41. The van der Waals surface area contributed by atoms with Crippen molar-refractivity contribution in [2.24, 2.45) is 5.92 Å². The van der Waals surface area contributed by atoms with Crippen molar-refractivity contribution in [1.29, 1.82) is 0 Å². The molecule has 0 aliphatic carbocycles. The number of benzene rings is 1. The van der Waals surface area contributed by atoms with Gasteiger partial charge in [0.1, 0.15) is 23.5 Å². The molecule has 0 atom stereocenters. The molecule has 1 aromatic carbocycles. The lowest BCUT2D eigenvalue weighted by molar-refractivity contribution is -0.127. The number of halogens is 1. The van der Waals surface area contributed by atoms with Gasteiger partial charge in [0.25, 0.3) is 0 Å². The van der Waals surface area contributed by atoms with Crippen molar-refractivity contribution in [1.82, 2.24) is 14.8 Å². The van der Waals surface area contributed by atoms with Gasteiger partial charge in [0, 0.05) is 43.2 Å². The lowest BCUT2D eigenvalue weighted by atomic mass is 9.82. The van der Waals surface area contributed by atoms with Gasteiger partial charge in [-0.2, -0.15) is 0 Å². The minimum absolute atomic E-state index is 0.0379. The van der Waals surface area contributed by atoms with Gasteiger partial charge in [-0.1, -0.05) is 23.7 Å². The van der Waals surface area contributed by atoms with E-state index in [-0.39, 0.29) is 11.7 Å². The molecule has 4 rings (SSSR count). The highest BCUT2D eigenvalue weighted by Gasteiger charge is 2.41. The van der Waals surface area contributed by atoms with Crippen LogP contribution < -0.4 is 5.32 Å². The van der Waals surface area contributed by atoms with Crippen LogP contribution in [0.25, 0.3) is 0 Å². The third-order valence-corrected chi connectivity index (χ3v) is 7.92. The number of nitrogens with one attached hydrogen (secondary N) is 1. The van der Waals surface area contributed by atoms with E-state index in [1.807, 2.05) is 57.2 Å². The predicted molar refractivity (Wildman–Crippen MR) is 152 cm³/mol. The van der Waals surface area contributed by atoms with Crippen molar-refractivity contribution in [2.45, 2.75) is 70.6 Å². The Morgan fingerprint density at radius 2 is 1.74 bits per heavy atom. The minimum Gasteiger partial charge on any atom is -0.444 e. The van der Waals surface area contributed by atoms with Crippen LogP contribution in [0.15, 0.2) is 42.6 Å². The highest BCUT2D eigenvalue weighted by molar-refractivity contribution is 6.30. The van der Waals surface area contributed by atoms with Gasteiger partial charge in [-0.3, -0.25) is 19.9 Å². The van der Waals surface area contributed by atoms with Crippen LogP contribution in [0.1, 0.15) is 57.6 Å². The summed E-state index contributed by atoms with van der Waals surface area (Å²) < 4.78 is 5.31. The molecule has 2 aromatic rings. The molecule has 2 fully saturated rings. The summed E-state index contributed by atoms with van der Waals surface area (Å²) >= 11 is 5.96. The smallest absolute Gasteiger partial charge is 0.413 e. The Morgan fingerprint density at radius 3 is 2.36 bits per heavy atom. The molecule has 2 aliphatic heterocycles. The summed E-state index contributed by atoms with van der Waals surface area (Å²) in [5.74, 6) is 0.759. The molecule has 0 radical (unpaired) electrons. The van der Waals surface area contributed by atoms with Crippen LogP contribution in [0.5, 0.6) is 0 Å². The number of piperidine rings is 2. The Morgan fingerprint density at radius 1 is 1.08 bits per heavy atom. The van der Waals surface area contributed by atoms with Gasteiger partial charge < -0.3 is 9.53 Å². The van der Waals surface area contributed by atoms with E-state index in [4.69, 9.17) is 16.3 Å². The summed E-state index contributed by atoms with van der Waals surface area (Å²) in [5.41, 5.74) is 0.977. The Hall–Kier alpha value is -2.81. The summed E-state index contributed by atoms with van der Waals surface area (Å²) in [7, 11) is 0. The number of carbonyl (C=O) groups excluding carboxylic acids is 3. The van der Waals surface area contributed by atoms with E-state index >= 15 is 0 Å². The third kappa shape index (κ3) is 8.10. The van der Waals surface area contributed by atoms with E-state index in [1.54, 1.807) is 6.20 Å². The van der Waals surface area contributed by atoms with E-state index in [2.05, 4.69) is 20.1 Å². The maximum Gasteiger partial charge on any atom is 0.413 e. The van der Waals surface area contributed by atoms with Crippen LogP contribution in [-0.2, 0) is 27.3 Å². The topological polar surface area (TPSA) is 91.8 Å². The quantitative estimate of drug-likeness (QED) is 0.452. The average molecular weight is 555 g/mol. The van der Waals surface area contributed by atoms with Crippen molar-refractivity contribution in [2.75, 3.05) is 31.5 Å². The lowest BCUT2D eigenvalue weighted by Crippen LogP contribution is -2.58. The number of aldehydes is 1. The molecular weight excluding hydrogens is 516 g/mol. The third-order valence-electron chi connectivity index (χ3n) is 7.67. The Balaban J connectivity index is 1.26. The molecule has 9 heteroatoms. The van der Waals surface area contributed by atoms with Gasteiger partial charge in [-0.05, 0) is 94.9 Å². The zero-order chi connectivity index (χ0) is 28.0. The molecule has 1 aromatic heterocycles. The van der Waals surface area contributed by atoms with E-state index in [1.165, 1.54) is 0 Å². The first-order valence-electron chi connectivity index (χ1n) is 13.7.